The second kappa shape index (κ2) is 13.0. The molecule has 0 spiro atoms. The number of benzene rings is 2. The first-order chi connectivity index (χ1) is 16.5. The van der Waals surface area contributed by atoms with Crippen LogP contribution in [-0.2, 0) is 27.2 Å². The van der Waals surface area contributed by atoms with Crippen LogP contribution in [0.2, 0.25) is 0 Å². The highest BCUT2D eigenvalue weighted by Gasteiger charge is 2.54. The summed E-state index contributed by atoms with van der Waals surface area (Å²) < 4.78 is 57.0. The zero-order valence-corrected chi connectivity index (χ0v) is 19.9. The summed E-state index contributed by atoms with van der Waals surface area (Å²) in [7, 11) is 5.07. The Bertz CT molecular complexity index is 985. The molecule has 35 heavy (non-hydrogen) atoms. The first-order valence-corrected chi connectivity index (χ1v) is 11.0. The van der Waals surface area contributed by atoms with Crippen LogP contribution >= 0.6 is 0 Å². The number of carbonyl (C=O) groups excluding carboxylic acids is 1. The van der Waals surface area contributed by atoms with Crippen LogP contribution in [0, 0.1) is 0 Å². The summed E-state index contributed by atoms with van der Waals surface area (Å²) in [6, 6.07) is 14.8. The number of nitrogens with zero attached hydrogens (tertiary/aromatic N) is 1. The summed E-state index contributed by atoms with van der Waals surface area (Å²) >= 11 is 0. The van der Waals surface area contributed by atoms with E-state index < -0.39 is 30.1 Å². The van der Waals surface area contributed by atoms with E-state index in [0.717, 1.165) is 16.9 Å². The van der Waals surface area contributed by atoms with Gasteiger partial charge in [0.05, 0.1) is 7.11 Å². The predicted octanol–water partition coefficient (Wildman–Crippen LogP) is 3.78. The number of ether oxygens (including phenoxy) is 3. The zero-order valence-electron chi connectivity index (χ0n) is 19.9. The molecule has 2 unspecified atom stereocenters. The second-order valence-electron chi connectivity index (χ2n) is 8.21. The first kappa shape index (κ1) is 28.0. The van der Waals surface area contributed by atoms with Crippen molar-refractivity contribution in [3.63, 3.8) is 0 Å². The molecule has 192 valence electrons. The van der Waals surface area contributed by atoms with Crippen molar-refractivity contribution >= 4 is 11.9 Å². The summed E-state index contributed by atoms with van der Waals surface area (Å²) in [5, 5.41) is 8.52. The van der Waals surface area contributed by atoms with E-state index in [1.54, 1.807) is 38.2 Å². The van der Waals surface area contributed by atoms with Crippen molar-refractivity contribution in [1.82, 2.24) is 4.90 Å². The van der Waals surface area contributed by atoms with Crippen LogP contribution in [0.25, 0.3) is 0 Å². The number of hydrogen-bond donors (Lipinski definition) is 1. The predicted molar refractivity (Wildman–Crippen MR) is 123 cm³/mol. The minimum absolute atomic E-state index is 0.116. The van der Waals surface area contributed by atoms with Crippen LogP contribution in [0.5, 0.6) is 11.5 Å². The Morgan fingerprint density at radius 1 is 1.09 bits per heavy atom. The molecule has 7 nitrogen and oxygen atoms in total. The van der Waals surface area contributed by atoms with E-state index in [4.69, 9.17) is 19.3 Å². The topological polar surface area (TPSA) is 85.3 Å². The average molecular weight is 498 g/mol. The first-order valence-electron chi connectivity index (χ1n) is 11.0. The summed E-state index contributed by atoms with van der Waals surface area (Å²) in [5.74, 6) is -8.28. The van der Waals surface area contributed by atoms with Crippen molar-refractivity contribution in [3.05, 3.63) is 59.7 Å². The Balaban J connectivity index is 2.08. The van der Waals surface area contributed by atoms with E-state index in [1.165, 1.54) is 0 Å². The number of carboxylic acid groups (broad SMARTS) is 1. The molecule has 0 aliphatic heterocycles. The molecule has 0 amide bonds. The van der Waals surface area contributed by atoms with Crippen molar-refractivity contribution in [1.29, 1.82) is 0 Å². The molecule has 2 aromatic carbocycles. The fourth-order valence-electron chi connectivity index (χ4n) is 3.21. The van der Waals surface area contributed by atoms with Gasteiger partial charge in [-0.1, -0.05) is 30.3 Å². The molecule has 0 aliphatic carbocycles. The van der Waals surface area contributed by atoms with Crippen molar-refractivity contribution < 1.29 is 42.1 Å². The second-order valence-corrected chi connectivity index (χ2v) is 8.21. The van der Waals surface area contributed by atoms with Gasteiger partial charge in [0.25, 0.3) is 6.17 Å². The number of para-hydroxylation sites is 1. The molecule has 0 aliphatic rings. The quantitative estimate of drug-likeness (QED) is 0.398. The third-order valence-corrected chi connectivity index (χ3v) is 5.19. The lowest BCUT2D eigenvalue weighted by Gasteiger charge is -2.24. The fourth-order valence-corrected chi connectivity index (χ4v) is 3.21. The van der Waals surface area contributed by atoms with Crippen LogP contribution in [0.15, 0.2) is 48.5 Å². The molecule has 2 atom stereocenters. The number of aliphatic carboxylic acids is 1. The average Bonchev–Trinajstić information content (AvgIpc) is 2.84. The van der Waals surface area contributed by atoms with Gasteiger partial charge in [0.2, 0.25) is 0 Å². The Morgan fingerprint density at radius 2 is 1.80 bits per heavy atom. The molecule has 2 rings (SSSR count). The van der Waals surface area contributed by atoms with Crippen molar-refractivity contribution in [3.8, 4) is 11.5 Å². The highest BCUT2D eigenvalue weighted by molar-refractivity contribution is 5.87. The molecule has 0 radical (unpaired) electrons. The minimum atomic E-state index is -4.82. The van der Waals surface area contributed by atoms with Gasteiger partial charge >= 0.3 is 17.9 Å². The van der Waals surface area contributed by atoms with Crippen LogP contribution in [-0.4, -0.2) is 74.5 Å². The molecular formula is C25H30F3NO6. The highest BCUT2D eigenvalue weighted by atomic mass is 19.3. The smallest absolute Gasteiger partial charge is 0.384 e. The maximum absolute atomic E-state index is 13.9. The number of esters is 1. The lowest BCUT2D eigenvalue weighted by Crippen LogP contribution is -2.46. The Hall–Kier alpha value is -3.27. The molecule has 0 fully saturated rings. The van der Waals surface area contributed by atoms with Gasteiger partial charge in [-0.2, -0.15) is 8.78 Å². The van der Waals surface area contributed by atoms with E-state index in [1.807, 2.05) is 36.4 Å². The van der Waals surface area contributed by atoms with Gasteiger partial charge in [-0.25, -0.2) is 14.0 Å². The van der Waals surface area contributed by atoms with Crippen LogP contribution in [0.3, 0.4) is 0 Å². The van der Waals surface area contributed by atoms with E-state index in [2.05, 4.69) is 0 Å². The maximum atomic E-state index is 13.9. The Morgan fingerprint density at radius 3 is 2.46 bits per heavy atom. The van der Waals surface area contributed by atoms with Gasteiger partial charge in [0.1, 0.15) is 24.2 Å². The van der Waals surface area contributed by atoms with Gasteiger partial charge in [-0.15, -0.1) is 0 Å². The number of carbonyl (C=O) groups is 2. The summed E-state index contributed by atoms with van der Waals surface area (Å²) in [4.78, 5) is 24.2. The molecule has 0 aromatic heterocycles. The molecule has 0 saturated heterocycles. The summed E-state index contributed by atoms with van der Waals surface area (Å²) in [5.41, 5.74) is 1.91. The van der Waals surface area contributed by atoms with E-state index >= 15 is 0 Å². The van der Waals surface area contributed by atoms with Crippen LogP contribution in [0.4, 0.5) is 13.2 Å². The molecular weight excluding hydrogens is 467 g/mol. The number of rotatable bonds is 14. The van der Waals surface area contributed by atoms with Crippen LogP contribution in [0.1, 0.15) is 17.5 Å². The van der Waals surface area contributed by atoms with Gasteiger partial charge in [-0.3, -0.25) is 0 Å². The molecule has 0 heterocycles. The highest BCUT2D eigenvalue weighted by Crippen LogP contribution is 2.26. The normalized spacial score (nSPS) is 13.2. The van der Waals surface area contributed by atoms with Crippen molar-refractivity contribution in [2.45, 2.75) is 37.5 Å². The lowest BCUT2D eigenvalue weighted by molar-refractivity contribution is -0.194. The molecule has 0 bridgehead atoms. The molecule has 0 saturated carbocycles. The Kier molecular flexibility index (Phi) is 10.4. The Labute approximate surface area is 202 Å². The van der Waals surface area contributed by atoms with Crippen molar-refractivity contribution in [2.75, 3.05) is 34.4 Å². The number of methoxy groups -OCH3 is 1. The van der Waals surface area contributed by atoms with Gasteiger partial charge in [0.15, 0.2) is 0 Å². The number of halogens is 3. The number of hydrogen-bond acceptors (Lipinski definition) is 6. The van der Waals surface area contributed by atoms with Crippen molar-refractivity contribution in [2.24, 2.45) is 0 Å². The van der Waals surface area contributed by atoms with Gasteiger partial charge in [0, 0.05) is 13.0 Å². The minimum Gasteiger partial charge on any atom is -0.497 e. The third kappa shape index (κ3) is 8.47. The summed E-state index contributed by atoms with van der Waals surface area (Å²) in [6.45, 7) is 0.0954. The number of alkyl halides is 3. The molecule has 2 aromatic rings. The zero-order chi connectivity index (χ0) is 26.0. The fraction of sp³-hybridized carbons (Fsp3) is 0.440. The number of carboxylic acids is 1. The largest absolute Gasteiger partial charge is 0.497 e. The van der Waals surface area contributed by atoms with Gasteiger partial charge in [-0.05, 0) is 56.3 Å². The molecule has 1 N–H and O–H groups in total. The van der Waals surface area contributed by atoms with Crippen LogP contribution < -0.4 is 9.47 Å². The number of aryl methyl sites for hydroxylation is 2. The SMILES string of the molecule is COc1cccc(CCc2ccccc2OCC(CCN(C)C)OC(=O)C(F)(F)C(F)C(=O)O)c1. The molecule has 10 heteroatoms. The maximum Gasteiger partial charge on any atom is 0.384 e. The van der Waals surface area contributed by atoms with Gasteiger partial charge < -0.3 is 24.2 Å². The van der Waals surface area contributed by atoms with E-state index in [-0.39, 0.29) is 13.0 Å². The third-order valence-electron chi connectivity index (χ3n) is 5.19. The lowest BCUT2D eigenvalue weighted by atomic mass is 10.0. The van der Waals surface area contributed by atoms with E-state index in [9.17, 15) is 22.8 Å². The van der Waals surface area contributed by atoms with E-state index in [0.29, 0.717) is 25.1 Å². The summed E-state index contributed by atoms with van der Waals surface area (Å²) in [6.07, 6.45) is -3.43. The standard InChI is InChI=1S/C25H30F3NO6/c1-29(2)14-13-20(35-24(32)25(27,28)22(26)23(30)31)16-34-21-10-5-4-8-18(21)12-11-17-7-6-9-19(15-17)33-3/h4-10,15,20,22H,11-14,16H2,1-3H3,(H,30,31). The monoisotopic (exact) mass is 497 g/mol.